The number of hydrogen-bond donors (Lipinski definition) is 2. The zero-order chi connectivity index (χ0) is 7.40. The second-order valence-electron chi connectivity index (χ2n) is 3.02. The molecule has 1 fully saturated rings. The van der Waals surface area contributed by atoms with Gasteiger partial charge in [-0.3, -0.25) is 5.43 Å². The second kappa shape index (κ2) is 3.91. The van der Waals surface area contributed by atoms with Crippen molar-refractivity contribution in [1.29, 1.82) is 0 Å². The Hall–Kier alpha value is -0.120. The van der Waals surface area contributed by atoms with E-state index in [-0.39, 0.29) is 0 Å². The molecule has 1 rings (SSSR count). The van der Waals surface area contributed by atoms with E-state index in [0.717, 1.165) is 26.2 Å². The summed E-state index contributed by atoms with van der Waals surface area (Å²) in [5.74, 6) is 0. The molecular weight excluding hydrogens is 126 g/mol. The van der Waals surface area contributed by atoms with Crippen molar-refractivity contribution in [2.24, 2.45) is 0 Å². The SMILES string of the molecule is CC(C)NN1CCNCC1. The molecule has 0 aromatic rings. The zero-order valence-corrected chi connectivity index (χ0v) is 6.85. The summed E-state index contributed by atoms with van der Waals surface area (Å²) in [6.45, 7) is 8.81. The van der Waals surface area contributed by atoms with Gasteiger partial charge in [0.15, 0.2) is 0 Å². The minimum Gasteiger partial charge on any atom is -0.314 e. The van der Waals surface area contributed by atoms with E-state index in [0.29, 0.717) is 6.04 Å². The lowest BCUT2D eigenvalue weighted by molar-refractivity contribution is 0.147. The van der Waals surface area contributed by atoms with Gasteiger partial charge in [0.2, 0.25) is 0 Å². The maximum Gasteiger partial charge on any atom is 0.0256 e. The summed E-state index contributed by atoms with van der Waals surface area (Å²) in [5, 5.41) is 5.59. The fourth-order valence-corrected chi connectivity index (χ4v) is 1.16. The Kier molecular flexibility index (Phi) is 3.12. The predicted molar refractivity (Wildman–Crippen MR) is 42.7 cm³/mol. The van der Waals surface area contributed by atoms with Crippen LogP contribution in [0.3, 0.4) is 0 Å². The molecule has 3 nitrogen and oxygen atoms in total. The molecule has 2 N–H and O–H groups in total. The molecule has 0 aromatic carbocycles. The van der Waals surface area contributed by atoms with Crippen molar-refractivity contribution in [3.05, 3.63) is 0 Å². The maximum absolute atomic E-state index is 3.38. The van der Waals surface area contributed by atoms with Crippen LogP contribution < -0.4 is 10.7 Å². The van der Waals surface area contributed by atoms with Crippen molar-refractivity contribution < 1.29 is 0 Å². The molecule has 10 heavy (non-hydrogen) atoms. The molecule has 0 bridgehead atoms. The normalized spacial score (nSPS) is 21.9. The summed E-state index contributed by atoms with van der Waals surface area (Å²) >= 11 is 0. The Balaban J connectivity index is 2.13. The van der Waals surface area contributed by atoms with E-state index in [1.54, 1.807) is 0 Å². The topological polar surface area (TPSA) is 27.3 Å². The van der Waals surface area contributed by atoms with E-state index >= 15 is 0 Å². The van der Waals surface area contributed by atoms with Crippen LogP contribution in [0.2, 0.25) is 0 Å². The van der Waals surface area contributed by atoms with Crippen LogP contribution in [0.15, 0.2) is 0 Å². The quantitative estimate of drug-likeness (QED) is 0.561. The lowest BCUT2D eigenvalue weighted by Crippen LogP contribution is -2.52. The molecule has 1 aliphatic rings. The highest BCUT2D eigenvalue weighted by atomic mass is 15.5. The van der Waals surface area contributed by atoms with Crippen molar-refractivity contribution in [2.75, 3.05) is 26.2 Å². The van der Waals surface area contributed by atoms with Gasteiger partial charge >= 0.3 is 0 Å². The Bertz CT molecular complexity index is 86.9. The summed E-state index contributed by atoms with van der Waals surface area (Å²) in [5.41, 5.74) is 3.38. The summed E-state index contributed by atoms with van der Waals surface area (Å²) in [7, 11) is 0. The summed E-state index contributed by atoms with van der Waals surface area (Å²) in [6.07, 6.45) is 0. The first kappa shape index (κ1) is 7.98. The molecule has 1 aliphatic heterocycles. The fraction of sp³-hybridized carbons (Fsp3) is 1.00. The lowest BCUT2D eigenvalue weighted by atomic mass is 10.4. The Morgan fingerprint density at radius 1 is 1.30 bits per heavy atom. The Morgan fingerprint density at radius 2 is 1.90 bits per heavy atom. The minimum atomic E-state index is 0.568. The van der Waals surface area contributed by atoms with E-state index in [1.807, 2.05) is 0 Å². The molecule has 1 heterocycles. The van der Waals surface area contributed by atoms with Gasteiger partial charge in [0.1, 0.15) is 0 Å². The number of piperazine rings is 1. The first-order chi connectivity index (χ1) is 4.79. The van der Waals surface area contributed by atoms with Gasteiger partial charge in [-0.05, 0) is 13.8 Å². The monoisotopic (exact) mass is 143 g/mol. The fourth-order valence-electron chi connectivity index (χ4n) is 1.16. The molecule has 60 valence electrons. The average molecular weight is 143 g/mol. The van der Waals surface area contributed by atoms with Crippen LogP contribution in [0.1, 0.15) is 13.8 Å². The number of nitrogens with one attached hydrogen (secondary N) is 2. The standard InChI is InChI=1S/C7H17N3/c1-7(2)9-10-5-3-8-4-6-10/h7-9H,3-6H2,1-2H3. The summed E-state index contributed by atoms with van der Waals surface area (Å²) in [4.78, 5) is 0. The second-order valence-corrected chi connectivity index (χ2v) is 3.02. The first-order valence-electron chi connectivity index (χ1n) is 4.01. The molecule has 0 atom stereocenters. The maximum atomic E-state index is 3.38. The van der Waals surface area contributed by atoms with Crippen molar-refractivity contribution in [3.63, 3.8) is 0 Å². The van der Waals surface area contributed by atoms with Gasteiger partial charge in [-0.15, -0.1) is 0 Å². The third-order valence-electron chi connectivity index (χ3n) is 1.56. The van der Waals surface area contributed by atoms with Gasteiger partial charge in [0.05, 0.1) is 0 Å². The molecule has 0 radical (unpaired) electrons. The van der Waals surface area contributed by atoms with Crippen molar-refractivity contribution in [2.45, 2.75) is 19.9 Å². The number of hydrogen-bond acceptors (Lipinski definition) is 3. The van der Waals surface area contributed by atoms with E-state index in [2.05, 4.69) is 29.6 Å². The van der Waals surface area contributed by atoms with Crippen LogP contribution in [-0.4, -0.2) is 37.2 Å². The summed E-state index contributed by atoms with van der Waals surface area (Å²) in [6, 6.07) is 0.568. The highest BCUT2D eigenvalue weighted by molar-refractivity contribution is 4.64. The molecule has 1 saturated heterocycles. The highest BCUT2D eigenvalue weighted by Crippen LogP contribution is 1.88. The van der Waals surface area contributed by atoms with Crippen LogP contribution in [-0.2, 0) is 0 Å². The van der Waals surface area contributed by atoms with Gasteiger partial charge in [0.25, 0.3) is 0 Å². The smallest absolute Gasteiger partial charge is 0.0256 e. The molecule has 3 heteroatoms. The molecule has 0 unspecified atom stereocenters. The van der Waals surface area contributed by atoms with E-state index in [9.17, 15) is 0 Å². The molecule has 0 aliphatic carbocycles. The Labute approximate surface area is 62.8 Å². The minimum absolute atomic E-state index is 0.568. The third-order valence-corrected chi connectivity index (χ3v) is 1.56. The van der Waals surface area contributed by atoms with Gasteiger partial charge in [-0.25, -0.2) is 5.01 Å². The third kappa shape index (κ3) is 2.64. The highest BCUT2D eigenvalue weighted by Gasteiger charge is 2.08. The zero-order valence-electron chi connectivity index (χ0n) is 6.85. The van der Waals surface area contributed by atoms with Gasteiger partial charge in [-0.2, -0.15) is 0 Å². The number of hydrazine groups is 1. The largest absolute Gasteiger partial charge is 0.314 e. The van der Waals surface area contributed by atoms with Gasteiger partial charge in [0, 0.05) is 32.2 Å². The van der Waals surface area contributed by atoms with Crippen LogP contribution in [0, 0.1) is 0 Å². The number of rotatable bonds is 2. The predicted octanol–water partition coefficient (Wildman–Crippen LogP) is -0.195. The van der Waals surface area contributed by atoms with Crippen LogP contribution in [0.5, 0.6) is 0 Å². The summed E-state index contributed by atoms with van der Waals surface area (Å²) < 4.78 is 0. The molecule has 0 aromatic heterocycles. The first-order valence-corrected chi connectivity index (χ1v) is 4.01. The lowest BCUT2D eigenvalue weighted by Gasteiger charge is -2.29. The van der Waals surface area contributed by atoms with Crippen molar-refractivity contribution >= 4 is 0 Å². The molecular formula is C7H17N3. The molecule has 0 saturated carbocycles. The average Bonchev–Trinajstić information content (AvgIpc) is 1.88. The van der Waals surface area contributed by atoms with E-state index in [1.165, 1.54) is 0 Å². The van der Waals surface area contributed by atoms with Crippen molar-refractivity contribution in [3.8, 4) is 0 Å². The van der Waals surface area contributed by atoms with E-state index < -0.39 is 0 Å². The Morgan fingerprint density at radius 3 is 2.40 bits per heavy atom. The molecule has 0 spiro atoms. The van der Waals surface area contributed by atoms with Gasteiger partial charge < -0.3 is 5.32 Å². The van der Waals surface area contributed by atoms with Crippen molar-refractivity contribution in [1.82, 2.24) is 15.8 Å². The van der Waals surface area contributed by atoms with Gasteiger partial charge in [-0.1, -0.05) is 0 Å². The van der Waals surface area contributed by atoms with Crippen LogP contribution >= 0.6 is 0 Å². The number of nitrogens with zero attached hydrogens (tertiary/aromatic N) is 1. The molecule has 0 amide bonds. The van der Waals surface area contributed by atoms with Crippen LogP contribution in [0.25, 0.3) is 0 Å². The van der Waals surface area contributed by atoms with E-state index in [4.69, 9.17) is 0 Å². The van der Waals surface area contributed by atoms with Crippen LogP contribution in [0.4, 0.5) is 0 Å².